The second-order valence-electron chi connectivity index (χ2n) is 4.32. The van der Waals surface area contributed by atoms with Gasteiger partial charge in [0.15, 0.2) is 0 Å². The maximum absolute atomic E-state index is 11.2. The first-order valence-corrected chi connectivity index (χ1v) is 5.63. The lowest BCUT2D eigenvalue weighted by molar-refractivity contribution is 0.220. The largest absolute Gasteiger partial charge is 0.318 e. The molecule has 1 aliphatic rings. The lowest BCUT2D eigenvalue weighted by Crippen LogP contribution is -2.29. The minimum Gasteiger partial charge on any atom is -0.318 e. The highest BCUT2D eigenvalue weighted by Crippen LogP contribution is 2.11. The predicted molar refractivity (Wildman–Crippen MR) is 60.8 cm³/mol. The van der Waals surface area contributed by atoms with Gasteiger partial charge >= 0.3 is 0 Å². The summed E-state index contributed by atoms with van der Waals surface area (Å²) >= 11 is 0. The molecule has 3 heteroatoms. The maximum Gasteiger partial charge on any atom is 0.250 e. The Balaban J connectivity index is 2.03. The summed E-state index contributed by atoms with van der Waals surface area (Å²) in [6, 6.07) is 3.59. The van der Waals surface area contributed by atoms with Gasteiger partial charge in [-0.15, -0.1) is 0 Å². The van der Waals surface area contributed by atoms with Gasteiger partial charge < -0.3 is 4.57 Å². The highest BCUT2D eigenvalue weighted by Gasteiger charge is 2.10. The van der Waals surface area contributed by atoms with Crippen LogP contribution < -0.4 is 5.56 Å². The molecule has 0 atom stereocenters. The first-order valence-electron chi connectivity index (χ1n) is 5.63. The van der Waals surface area contributed by atoms with E-state index < -0.39 is 0 Å². The van der Waals surface area contributed by atoms with Crippen LogP contribution >= 0.6 is 0 Å². The molecule has 0 radical (unpaired) electrons. The van der Waals surface area contributed by atoms with Gasteiger partial charge in [-0.2, -0.15) is 0 Å². The van der Waals surface area contributed by atoms with Crippen molar-refractivity contribution in [2.75, 3.05) is 13.1 Å². The number of aryl methyl sites for hydroxylation is 1. The molecule has 1 aliphatic heterocycles. The van der Waals surface area contributed by atoms with Crippen LogP contribution in [0, 0.1) is 0 Å². The van der Waals surface area contributed by atoms with Crippen LogP contribution in [0.4, 0.5) is 0 Å². The van der Waals surface area contributed by atoms with E-state index in [1.165, 1.54) is 37.9 Å². The Morgan fingerprint density at radius 2 is 1.93 bits per heavy atom. The van der Waals surface area contributed by atoms with Crippen molar-refractivity contribution in [1.29, 1.82) is 0 Å². The fourth-order valence-corrected chi connectivity index (χ4v) is 2.12. The Hall–Kier alpha value is -1.09. The van der Waals surface area contributed by atoms with Gasteiger partial charge in [0.25, 0.3) is 0 Å². The van der Waals surface area contributed by atoms with Gasteiger partial charge in [-0.05, 0) is 31.5 Å². The van der Waals surface area contributed by atoms with Crippen LogP contribution in [0.2, 0.25) is 0 Å². The van der Waals surface area contributed by atoms with Crippen molar-refractivity contribution >= 4 is 0 Å². The lowest BCUT2D eigenvalue weighted by Gasteiger charge is -2.26. The first-order chi connectivity index (χ1) is 7.25. The zero-order chi connectivity index (χ0) is 10.7. The van der Waals surface area contributed by atoms with E-state index in [2.05, 4.69) is 4.90 Å². The summed E-state index contributed by atoms with van der Waals surface area (Å²) in [4.78, 5) is 13.7. The summed E-state index contributed by atoms with van der Waals surface area (Å²) in [6.45, 7) is 3.37. The van der Waals surface area contributed by atoms with E-state index in [1.807, 2.05) is 19.3 Å². The second-order valence-corrected chi connectivity index (χ2v) is 4.32. The molecule has 0 aromatic carbocycles. The molecule has 82 valence electrons. The molecule has 0 bridgehead atoms. The SMILES string of the molecule is Cn1cc(CN2CCCCC2)ccc1=O. The molecule has 0 saturated carbocycles. The zero-order valence-corrected chi connectivity index (χ0v) is 9.28. The summed E-state index contributed by atoms with van der Waals surface area (Å²) in [5.41, 5.74) is 1.30. The smallest absolute Gasteiger partial charge is 0.250 e. The zero-order valence-electron chi connectivity index (χ0n) is 9.28. The van der Waals surface area contributed by atoms with Gasteiger partial charge in [0.2, 0.25) is 5.56 Å². The van der Waals surface area contributed by atoms with Crippen molar-refractivity contribution in [2.45, 2.75) is 25.8 Å². The first kappa shape index (κ1) is 10.4. The van der Waals surface area contributed by atoms with Crippen LogP contribution in [0.25, 0.3) is 0 Å². The van der Waals surface area contributed by atoms with E-state index in [0.29, 0.717) is 0 Å². The number of hydrogen-bond donors (Lipinski definition) is 0. The molecule has 1 saturated heterocycles. The van der Waals surface area contributed by atoms with E-state index in [9.17, 15) is 4.79 Å². The van der Waals surface area contributed by atoms with Crippen LogP contribution in [0.5, 0.6) is 0 Å². The number of aromatic nitrogens is 1. The molecule has 0 aliphatic carbocycles. The molecule has 2 rings (SSSR count). The van der Waals surface area contributed by atoms with Crippen LogP contribution in [0.1, 0.15) is 24.8 Å². The summed E-state index contributed by atoms with van der Waals surface area (Å²) in [5, 5.41) is 0. The lowest BCUT2D eigenvalue weighted by atomic mass is 10.1. The monoisotopic (exact) mass is 206 g/mol. The van der Waals surface area contributed by atoms with Crippen molar-refractivity contribution in [3.63, 3.8) is 0 Å². The average Bonchev–Trinajstić information content (AvgIpc) is 2.25. The van der Waals surface area contributed by atoms with E-state index in [-0.39, 0.29) is 5.56 Å². The Morgan fingerprint density at radius 3 is 2.60 bits per heavy atom. The minimum absolute atomic E-state index is 0.0670. The molecule has 1 fully saturated rings. The van der Waals surface area contributed by atoms with Gasteiger partial charge in [-0.3, -0.25) is 9.69 Å². The Morgan fingerprint density at radius 1 is 1.20 bits per heavy atom. The average molecular weight is 206 g/mol. The molecule has 15 heavy (non-hydrogen) atoms. The Kier molecular flexibility index (Phi) is 3.21. The van der Waals surface area contributed by atoms with Crippen LogP contribution in [0.15, 0.2) is 23.1 Å². The number of nitrogens with zero attached hydrogens (tertiary/aromatic N) is 2. The molecule has 0 amide bonds. The Bertz CT molecular complexity index is 377. The van der Waals surface area contributed by atoms with Gasteiger partial charge in [0, 0.05) is 25.9 Å². The van der Waals surface area contributed by atoms with E-state index in [4.69, 9.17) is 0 Å². The van der Waals surface area contributed by atoms with Gasteiger partial charge in [0.05, 0.1) is 0 Å². The molecule has 1 aromatic rings. The van der Waals surface area contributed by atoms with Crippen molar-refractivity contribution in [3.8, 4) is 0 Å². The van der Waals surface area contributed by atoms with Crippen LogP contribution in [0.3, 0.4) is 0 Å². The third-order valence-electron chi connectivity index (χ3n) is 3.00. The van der Waals surface area contributed by atoms with Crippen molar-refractivity contribution in [3.05, 3.63) is 34.2 Å². The number of pyridine rings is 1. The van der Waals surface area contributed by atoms with Crippen LogP contribution in [-0.4, -0.2) is 22.6 Å². The van der Waals surface area contributed by atoms with E-state index in [0.717, 1.165) is 6.54 Å². The van der Waals surface area contributed by atoms with Gasteiger partial charge in [0.1, 0.15) is 0 Å². The Labute approximate surface area is 90.3 Å². The van der Waals surface area contributed by atoms with Crippen LogP contribution in [-0.2, 0) is 13.6 Å². The summed E-state index contributed by atoms with van der Waals surface area (Å²) < 4.78 is 1.65. The quantitative estimate of drug-likeness (QED) is 0.730. The van der Waals surface area contributed by atoms with Gasteiger partial charge in [-0.1, -0.05) is 12.5 Å². The van der Waals surface area contributed by atoms with Crippen molar-refractivity contribution in [1.82, 2.24) is 9.47 Å². The summed E-state index contributed by atoms with van der Waals surface area (Å²) in [5.74, 6) is 0. The van der Waals surface area contributed by atoms with E-state index in [1.54, 1.807) is 10.6 Å². The molecule has 1 aromatic heterocycles. The normalized spacial score (nSPS) is 17.9. The minimum atomic E-state index is 0.0670. The molecular formula is C12H18N2O. The predicted octanol–water partition coefficient (Wildman–Crippen LogP) is 1.37. The highest BCUT2D eigenvalue weighted by molar-refractivity contribution is 5.09. The summed E-state index contributed by atoms with van der Waals surface area (Å²) in [7, 11) is 1.81. The third-order valence-corrected chi connectivity index (χ3v) is 3.00. The fraction of sp³-hybridized carbons (Fsp3) is 0.583. The fourth-order valence-electron chi connectivity index (χ4n) is 2.12. The highest BCUT2D eigenvalue weighted by atomic mass is 16.1. The summed E-state index contributed by atoms with van der Waals surface area (Å²) in [6.07, 6.45) is 5.93. The number of piperidine rings is 1. The van der Waals surface area contributed by atoms with Gasteiger partial charge in [-0.25, -0.2) is 0 Å². The van der Waals surface area contributed by atoms with Crippen molar-refractivity contribution in [2.24, 2.45) is 7.05 Å². The number of hydrogen-bond acceptors (Lipinski definition) is 2. The maximum atomic E-state index is 11.2. The molecular weight excluding hydrogens is 188 g/mol. The topological polar surface area (TPSA) is 25.2 Å². The molecule has 3 nitrogen and oxygen atoms in total. The molecule has 0 unspecified atom stereocenters. The number of rotatable bonds is 2. The molecule has 0 N–H and O–H groups in total. The number of likely N-dealkylation sites (tertiary alicyclic amines) is 1. The second kappa shape index (κ2) is 4.62. The molecule has 2 heterocycles. The van der Waals surface area contributed by atoms with E-state index >= 15 is 0 Å². The standard InChI is InChI=1S/C12H18N2O/c1-13-9-11(5-6-12(13)15)10-14-7-3-2-4-8-14/h5-6,9H,2-4,7-8,10H2,1H3. The third kappa shape index (κ3) is 2.69. The van der Waals surface area contributed by atoms with Crippen molar-refractivity contribution < 1.29 is 0 Å². The molecule has 0 spiro atoms.